The molecule has 7 nitrogen and oxygen atoms in total. The molecular formula is C13H21N5O2. The average Bonchev–Trinajstić information content (AvgIpc) is 2.94. The minimum atomic E-state index is 0.0189. The first-order chi connectivity index (χ1) is 9.70. The molecule has 2 aliphatic rings. The lowest BCUT2D eigenvalue weighted by molar-refractivity contribution is -0.0872. The van der Waals surface area contributed by atoms with Crippen LogP contribution in [0, 0.1) is 0 Å². The highest BCUT2D eigenvalue weighted by molar-refractivity contribution is 5.92. The number of aromatic nitrogens is 3. The Morgan fingerprint density at radius 3 is 3.15 bits per heavy atom. The Balaban J connectivity index is 1.82. The first kappa shape index (κ1) is 13.5. The molecule has 0 unspecified atom stereocenters. The molecule has 0 aliphatic carbocycles. The highest BCUT2D eigenvalue weighted by Crippen LogP contribution is 2.23. The van der Waals surface area contributed by atoms with Crippen molar-refractivity contribution in [3.8, 4) is 0 Å². The molecular weight excluding hydrogens is 258 g/mol. The highest BCUT2D eigenvalue weighted by Gasteiger charge is 2.39. The van der Waals surface area contributed by atoms with Crippen molar-refractivity contribution in [3.63, 3.8) is 0 Å². The van der Waals surface area contributed by atoms with E-state index in [9.17, 15) is 4.79 Å². The van der Waals surface area contributed by atoms with E-state index in [-0.39, 0.29) is 18.1 Å². The fourth-order valence-electron chi connectivity index (χ4n) is 3.09. The third-order valence-electron chi connectivity index (χ3n) is 4.18. The smallest absolute Gasteiger partial charge is 0.274 e. The summed E-state index contributed by atoms with van der Waals surface area (Å²) in [5, 5.41) is 7.80. The number of morpholine rings is 1. The SMILES string of the molecule is CCn1nncc1C(=O)N1CCO[C@H]2CCN(C)C[C@@H]21. The van der Waals surface area contributed by atoms with Gasteiger partial charge in [-0.3, -0.25) is 4.79 Å². The van der Waals surface area contributed by atoms with Crippen LogP contribution in [0.4, 0.5) is 0 Å². The predicted octanol–water partition coefficient (Wildman–Crippen LogP) is -0.157. The zero-order valence-electron chi connectivity index (χ0n) is 12.0. The van der Waals surface area contributed by atoms with Gasteiger partial charge in [-0.05, 0) is 20.4 Å². The molecule has 1 aromatic rings. The second-order valence-corrected chi connectivity index (χ2v) is 5.46. The van der Waals surface area contributed by atoms with Crippen LogP contribution < -0.4 is 0 Å². The van der Waals surface area contributed by atoms with Crippen LogP contribution in [0.25, 0.3) is 0 Å². The molecule has 7 heteroatoms. The maximum absolute atomic E-state index is 12.8. The lowest BCUT2D eigenvalue weighted by Gasteiger charge is -2.46. The summed E-state index contributed by atoms with van der Waals surface area (Å²) in [6.45, 7) is 5.76. The molecule has 0 spiro atoms. The molecule has 1 amide bonds. The number of rotatable bonds is 2. The van der Waals surface area contributed by atoms with E-state index in [2.05, 4.69) is 22.3 Å². The normalized spacial score (nSPS) is 27.4. The van der Waals surface area contributed by atoms with Gasteiger partial charge in [-0.2, -0.15) is 0 Å². The van der Waals surface area contributed by atoms with Crippen LogP contribution in [-0.4, -0.2) is 76.1 Å². The average molecular weight is 279 g/mol. The van der Waals surface area contributed by atoms with Crippen LogP contribution in [0.2, 0.25) is 0 Å². The van der Waals surface area contributed by atoms with Gasteiger partial charge in [0.05, 0.1) is 24.9 Å². The Hall–Kier alpha value is -1.47. The third kappa shape index (κ3) is 2.31. The van der Waals surface area contributed by atoms with Gasteiger partial charge in [-0.15, -0.1) is 5.10 Å². The van der Waals surface area contributed by atoms with Crippen molar-refractivity contribution in [2.75, 3.05) is 33.3 Å². The zero-order chi connectivity index (χ0) is 14.1. The van der Waals surface area contributed by atoms with Gasteiger partial charge in [0.2, 0.25) is 0 Å². The fourth-order valence-corrected chi connectivity index (χ4v) is 3.09. The molecule has 0 N–H and O–H groups in total. The van der Waals surface area contributed by atoms with Gasteiger partial charge in [0, 0.05) is 26.2 Å². The summed E-state index contributed by atoms with van der Waals surface area (Å²) in [4.78, 5) is 16.9. The van der Waals surface area contributed by atoms with Crippen LogP contribution >= 0.6 is 0 Å². The van der Waals surface area contributed by atoms with E-state index in [1.807, 2.05) is 11.8 Å². The molecule has 2 saturated heterocycles. The number of hydrogen-bond acceptors (Lipinski definition) is 5. The Morgan fingerprint density at radius 1 is 1.50 bits per heavy atom. The standard InChI is InChI=1S/C13H21N5O2/c1-3-18-10(8-14-15-18)13(19)17-6-7-20-12-4-5-16(2)9-11(12)17/h8,11-12H,3-7,9H2,1-2H3/t11-,12-/m0/s1. The summed E-state index contributed by atoms with van der Waals surface area (Å²) in [6, 6.07) is 0.134. The maximum Gasteiger partial charge on any atom is 0.274 e. The molecule has 0 radical (unpaired) electrons. The van der Waals surface area contributed by atoms with Gasteiger partial charge >= 0.3 is 0 Å². The molecule has 2 aliphatic heterocycles. The number of likely N-dealkylation sites (N-methyl/N-ethyl adjacent to an activating group) is 1. The minimum absolute atomic E-state index is 0.0189. The molecule has 20 heavy (non-hydrogen) atoms. The topological polar surface area (TPSA) is 63.5 Å². The van der Waals surface area contributed by atoms with Crippen LogP contribution in [0.1, 0.15) is 23.8 Å². The quantitative estimate of drug-likeness (QED) is 0.753. The molecule has 2 fully saturated rings. The second kappa shape index (κ2) is 5.49. The van der Waals surface area contributed by atoms with Gasteiger partial charge in [0.25, 0.3) is 5.91 Å². The van der Waals surface area contributed by atoms with Gasteiger partial charge in [0.15, 0.2) is 0 Å². The number of nitrogens with zero attached hydrogens (tertiary/aromatic N) is 5. The van der Waals surface area contributed by atoms with E-state index < -0.39 is 0 Å². The predicted molar refractivity (Wildman–Crippen MR) is 72.4 cm³/mol. The monoisotopic (exact) mass is 279 g/mol. The van der Waals surface area contributed by atoms with Crippen molar-refractivity contribution < 1.29 is 9.53 Å². The van der Waals surface area contributed by atoms with Crippen molar-refractivity contribution in [2.24, 2.45) is 0 Å². The number of carbonyl (C=O) groups is 1. The Labute approximate surface area is 118 Å². The lowest BCUT2D eigenvalue weighted by Crippen LogP contribution is -2.61. The van der Waals surface area contributed by atoms with Crippen molar-refractivity contribution in [3.05, 3.63) is 11.9 Å². The summed E-state index contributed by atoms with van der Waals surface area (Å²) in [5.74, 6) is 0.0189. The molecule has 3 rings (SSSR count). The molecule has 1 aromatic heterocycles. The van der Waals surface area contributed by atoms with Crippen LogP contribution in [0.15, 0.2) is 6.20 Å². The molecule has 3 heterocycles. The first-order valence-electron chi connectivity index (χ1n) is 7.20. The number of ether oxygens (including phenoxy) is 1. The van der Waals surface area contributed by atoms with Crippen LogP contribution in [0.3, 0.4) is 0 Å². The largest absolute Gasteiger partial charge is 0.374 e. The fraction of sp³-hybridized carbons (Fsp3) is 0.769. The molecule has 0 saturated carbocycles. The van der Waals surface area contributed by atoms with E-state index in [4.69, 9.17) is 4.74 Å². The van der Waals surface area contributed by atoms with Crippen LogP contribution in [-0.2, 0) is 11.3 Å². The number of amides is 1. The number of hydrogen-bond donors (Lipinski definition) is 0. The highest BCUT2D eigenvalue weighted by atomic mass is 16.5. The zero-order valence-corrected chi connectivity index (χ0v) is 12.0. The van der Waals surface area contributed by atoms with Gasteiger partial charge in [-0.1, -0.05) is 5.21 Å². The summed E-state index contributed by atoms with van der Waals surface area (Å²) >= 11 is 0. The van der Waals surface area contributed by atoms with E-state index in [1.165, 1.54) is 0 Å². The van der Waals surface area contributed by atoms with E-state index >= 15 is 0 Å². The van der Waals surface area contributed by atoms with E-state index in [0.29, 0.717) is 25.4 Å². The maximum atomic E-state index is 12.8. The second-order valence-electron chi connectivity index (χ2n) is 5.46. The Bertz CT molecular complexity index is 489. The van der Waals surface area contributed by atoms with Gasteiger partial charge < -0.3 is 14.5 Å². The van der Waals surface area contributed by atoms with Crippen molar-refractivity contribution in [1.82, 2.24) is 24.8 Å². The summed E-state index contributed by atoms with van der Waals surface area (Å²) in [7, 11) is 2.09. The summed E-state index contributed by atoms with van der Waals surface area (Å²) < 4.78 is 7.48. The number of fused-ring (bicyclic) bond motifs is 1. The Morgan fingerprint density at radius 2 is 2.35 bits per heavy atom. The molecule has 110 valence electrons. The number of piperidine rings is 1. The number of likely N-dealkylation sites (tertiary alicyclic amines) is 1. The third-order valence-corrected chi connectivity index (χ3v) is 4.18. The van der Waals surface area contributed by atoms with Crippen molar-refractivity contribution in [2.45, 2.75) is 32.0 Å². The van der Waals surface area contributed by atoms with Crippen LogP contribution in [0.5, 0.6) is 0 Å². The molecule has 0 aromatic carbocycles. The number of carbonyl (C=O) groups excluding carboxylic acids is 1. The van der Waals surface area contributed by atoms with Gasteiger partial charge in [-0.25, -0.2) is 4.68 Å². The van der Waals surface area contributed by atoms with Crippen molar-refractivity contribution in [1.29, 1.82) is 0 Å². The summed E-state index contributed by atoms with van der Waals surface area (Å²) in [5.41, 5.74) is 0.571. The van der Waals surface area contributed by atoms with E-state index in [0.717, 1.165) is 19.5 Å². The van der Waals surface area contributed by atoms with Crippen molar-refractivity contribution >= 4 is 5.91 Å². The van der Waals surface area contributed by atoms with E-state index in [1.54, 1.807) is 10.9 Å². The number of aryl methyl sites for hydroxylation is 1. The van der Waals surface area contributed by atoms with Gasteiger partial charge in [0.1, 0.15) is 5.69 Å². The summed E-state index contributed by atoms with van der Waals surface area (Å²) in [6.07, 6.45) is 2.70. The molecule has 2 atom stereocenters. The lowest BCUT2D eigenvalue weighted by atomic mass is 9.99. The Kier molecular flexibility index (Phi) is 3.71. The molecule has 0 bridgehead atoms. The minimum Gasteiger partial charge on any atom is -0.374 e. The first-order valence-corrected chi connectivity index (χ1v) is 7.20.